The summed E-state index contributed by atoms with van der Waals surface area (Å²) in [6.45, 7) is 2.25. The minimum Gasteiger partial charge on any atom is -0.508 e. The SMILES string of the molecule is C[C@@H]1O[C@@H](Oc2cc(O)c3c(=O)c(OC4O[C@H](CO[C@H]5O[C@@H](C)[C@H](O)[C@@H](O)[C@H]5O)[C@H](O)[C@H](O)[C@H]4O)c(-c4ccc(O)cc4)oc3c2)[C@H](O)[C@H](O)[C@H]1O. The van der Waals surface area contributed by atoms with Crippen molar-refractivity contribution in [3.05, 3.63) is 46.6 Å². The Bertz CT molecular complexity index is 1770. The Morgan fingerprint density at radius 2 is 1.17 bits per heavy atom. The largest absolute Gasteiger partial charge is 0.508 e. The zero-order chi connectivity index (χ0) is 37.8. The lowest BCUT2D eigenvalue weighted by atomic mass is 9.98. The molecule has 0 amide bonds. The number of aromatic hydroxyl groups is 2. The molecule has 3 aromatic rings. The lowest BCUT2D eigenvalue weighted by molar-refractivity contribution is -0.318. The van der Waals surface area contributed by atoms with Crippen molar-refractivity contribution in [3.8, 4) is 34.3 Å². The van der Waals surface area contributed by atoms with Crippen LogP contribution < -0.4 is 14.9 Å². The number of hydrogen-bond donors (Lipinski definition) is 11. The number of fused-ring (bicyclic) bond motifs is 1. The van der Waals surface area contributed by atoms with Crippen LogP contribution in [-0.2, 0) is 18.9 Å². The van der Waals surface area contributed by atoms with Crippen LogP contribution in [0.1, 0.15) is 13.8 Å². The molecule has 11 N–H and O–H groups in total. The van der Waals surface area contributed by atoms with Gasteiger partial charge in [-0.25, -0.2) is 0 Å². The smallest absolute Gasteiger partial charge is 0.239 e. The molecule has 0 saturated carbocycles. The van der Waals surface area contributed by atoms with Crippen molar-refractivity contribution in [2.45, 2.75) is 106 Å². The quantitative estimate of drug-likeness (QED) is 0.110. The highest BCUT2D eigenvalue weighted by atomic mass is 16.7. The highest BCUT2D eigenvalue weighted by molar-refractivity contribution is 5.88. The molecule has 3 aliphatic heterocycles. The molecule has 4 heterocycles. The molecule has 0 aliphatic carbocycles. The van der Waals surface area contributed by atoms with Gasteiger partial charge in [-0.2, -0.15) is 0 Å². The van der Waals surface area contributed by atoms with E-state index in [0.717, 1.165) is 6.07 Å². The summed E-state index contributed by atoms with van der Waals surface area (Å²) >= 11 is 0. The molecule has 19 nitrogen and oxygen atoms in total. The van der Waals surface area contributed by atoms with Crippen LogP contribution in [0.15, 0.2) is 45.6 Å². The molecule has 19 heteroatoms. The van der Waals surface area contributed by atoms with Gasteiger partial charge in [0.25, 0.3) is 0 Å². The summed E-state index contributed by atoms with van der Waals surface area (Å²) in [5, 5.41) is 114. The van der Waals surface area contributed by atoms with Gasteiger partial charge in [0.1, 0.15) is 89.3 Å². The van der Waals surface area contributed by atoms with Gasteiger partial charge in [0.2, 0.25) is 23.8 Å². The van der Waals surface area contributed by atoms with E-state index in [1.54, 1.807) is 0 Å². The van der Waals surface area contributed by atoms with E-state index in [-0.39, 0.29) is 28.4 Å². The highest BCUT2D eigenvalue weighted by Crippen LogP contribution is 2.38. The number of ether oxygens (including phenoxy) is 6. The topological polar surface area (TPSA) is 308 Å². The number of rotatable bonds is 8. The molecule has 286 valence electrons. The van der Waals surface area contributed by atoms with E-state index >= 15 is 0 Å². The fourth-order valence-electron chi connectivity index (χ4n) is 6.09. The maximum absolute atomic E-state index is 14.0. The van der Waals surface area contributed by atoms with Gasteiger partial charge in [-0.05, 0) is 38.1 Å². The summed E-state index contributed by atoms with van der Waals surface area (Å²) in [6, 6.07) is 7.38. The van der Waals surface area contributed by atoms with E-state index in [1.807, 2.05) is 0 Å². The summed E-state index contributed by atoms with van der Waals surface area (Å²) in [5.74, 6) is -2.01. The number of hydrogen-bond acceptors (Lipinski definition) is 19. The average molecular weight is 741 g/mol. The zero-order valence-electron chi connectivity index (χ0n) is 27.5. The molecular formula is C33H40O19. The Morgan fingerprint density at radius 3 is 1.79 bits per heavy atom. The first-order chi connectivity index (χ1) is 24.6. The third-order valence-electron chi connectivity index (χ3n) is 9.23. The molecular weight excluding hydrogens is 700 g/mol. The van der Waals surface area contributed by atoms with Crippen LogP contribution in [0.3, 0.4) is 0 Å². The predicted molar refractivity (Wildman–Crippen MR) is 170 cm³/mol. The third-order valence-corrected chi connectivity index (χ3v) is 9.23. The van der Waals surface area contributed by atoms with Gasteiger partial charge in [-0.15, -0.1) is 0 Å². The molecule has 0 radical (unpaired) electrons. The molecule has 3 saturated heterocycles. The maximum Gasteiger partial charge on any atom is 0.239 e. The Labute approximate surface area is 293 Å². The summed E-state index contributed by atoms with van der Waals surface area (Å²) in [6.07, 6.45) is -23.5. The van der Waals surface area contributed by atoms with Crippen molar-refractivity contribution in [2.24, 2.45) is 0 Å². The molecule has 3 aliphatic rings. The molecule has 6 rings (SSSR count). The van der Waals surface area contributed by atoms with Crippen molar-refractivity contribution in [1.82, 2.24) is 0 Å². The van der Waals surface area contributed by atoms with Crippen molar-refractivity contribution >= 4 is 11.0 Å². The van der Waals surface area contributed by atoms with Crippen LogP contribution in [0.25, 0.3) is 22.3 Å². The van der Waals surface area contributed by atoms with Crippen LogP contribution in [0.5, 0.6) is 23.0 Å². The predicted octanol–water partition coefficient (Wildman–Crippen LogP) is -2.89. The molecule has 52 heavy (non-hydrogen) atoms. The third kappa shape index (κ3) is 7.16. The summed E-state index contributed by atoms with van der Waals surface area (Å²) in [7, 11) is 0. The van der Waals surface area contributed by atoms with E-state index in [4.69, 9.17) is 32.8 Å². The van der Waals surface area contributed by atoms with E-state index in [0.29, 0.717) is 0 Å². The number of benzene rings is 2. The normalized spacial score (nSPS) is 38.2. The van der Waals surface area contributed by atoms with Gasteiger partial charge >= 0.3 is 0 Å². The molecule has 0 bridgehead atoms. The van der Waals surface area contributed by atoms with Gasteiger partial charge in [-0.1, -0.05) is 0 Å². The summed E-state index contributed by atoms with van der Waals surface area (Å²) < 4.78 is 39.5. The van der Waals surface area contributed by atoms with Gasteiger partial charge in [0, 0.05) is 17.7 Å². The second kappa shape index (κ2) is 15.0. The minimum absolute atomic E-state index is 0.138. The summed E-state index contributed by atoms with van der Waals surface area (Å²) in [4.78, 5) is 14.0. The van der Waals surface area contributed by atoms with Crippen LogP contribution >= 0.6 is 0 Å². The average Bonchev–Trinajstić information content (AvgIpc) is 3.11. The molecule has 1 unspecified atom stereocenters. The first-order valence-electron chi connectivity index (χ1n) is 16.2. The fourth-order valence-corrected chi connectivity index (χ4v) is 6.09. The number of aliphatic hydroxyl groups is 9. The lowest BCUT2D eigenvalue weighted by Crippen LogP contribution is -2.61. The monoisotopic (exact) mass is 740 g/mol. The number of phenolic OH excluding ortho intramolecular Hbond substituents is 2. The number of phenols is 2. The van der Waals surface area contributed by atoms with Crippen LogP contribution in [0.4, 0.5) is 0 Å². The first kappa shape index (κ1) is 38.1. The van der Waals surface area contributed by atoms with Crippen molar-refractivity contribution in [1.29, 1.82) is 0 Å². The van der Waals surface area contributed by atoms with E-state index < -0.39 is 121 Å². The highest BCUT2D eigenvalue weighted by Gasteiger charge is 2.48. The Balaban J connectivity index is 1.32. The van der Waals surface area contributed by atoms with Crippen molar-refractivity contribution in [2.75, 3.05) is 6.61 Å². The van der Waals surface area contributed by atoms with Crippen LogP contribution in [0.2, 0.25) is 0 Å². The van der Waals surface area contributed by atoms with Crippen molar-refractivity contribution < 1.29 is 89.0 Å². The standard InChI is InChI=1S/C33H40O19/c1-10-19(36)23(40)26(43)31(47-10)46-9-17-21(38)25(42)28(45)33(51-17)52-30-22(39)18-15(35)7-14(49-32-27(44)24(41)20(37)11(2)48-32)8-16(18)50-29(30)12-3-5-13(34)6-4-12/h3-8,10-11,17,19-21,23-28,31-38,40-45H,9H2,1-2H3/t10-,11-,17+,19-,20-,21-,23+,24+,25-,26+,27+,28+,31-,32-,33?/m0/s1. The van der Waals surface area contributed by atoms with Gasteiger partial charge in [0.05, 0.1) is 18.8 Å². The van der Waals surface area contributed by atoms with Gasteiger partial charge in [-0.3, -0.25) is 4.79 Å². The molecule has 0 spiro atoms. The van der Waals surface area contributed by atoms with E-state index in [9.17, 15) is 61.0 Å². The van der Waals surface area contributed by atoms with Crippen LogP contribution in [0, 0.1) is 0 Å². The molecule has 15 atom stereocenters. The second-order valence-corrected chi connectivity index (χ2v) is 12.9. The van der Waals surface area contributed by atoms with Crippen LogP contribution in [-0.4, -0.2) is 155 Å². The van der Waals surface area contributed by atoms with Gasteiger partial charge < -0.3 is 89.0 Å². The van der Waals surface area contributed by atoms with Crippen molar-refractivity contribution in [3.63, 3.8) is 0 Å². The van der Waals surface area contributed by atoms with Gasteiger partial charge in [0.15, 0.2) is 12.1 Å². The second-order valence-electron chi connectivity index (χ2n) is 12.9. The zero-order valence-corrected chi connectivity index (χ0v) is 27.5. The molecule has 3 fully saturated rings. The molecule has 1 aromatic heterocycles. The first-order valence-corrected chi connectivity index (χ1v) is 16.2. The fraction of sp³-hybridized carbons (Fsp3) is 0.545. The Hall–Kier alpha value is -3.67. The lowest BCUT2D eigenvalue weighted by Gasteiger charge is -2.42. The Morgan fingerprint density at radius 1 is 0.635 bits per heavy atom. The Kier molecular flexibility index (Phi) is 11.0. The summed E-state index contributed by atoms with van der Waals surface area (Å²) in [5.41, 5.74) is -1.16. The van der Waals surface area contributed by atoms with E-state index in [2.05, 4.69) is 0 Å². The molecule has 2 aromatic carbocycles. The minimum atomic E-state index is -1.98. The van der Waals surface area contributed by atoms with E-state index in [1.165, 1.54) is 44.2 Å². The maximum atomic E-state index is 14.0. The number of aliphatic hydroxyl groups excluding tert-OH is 9.